The molecule has 0 saturated carbocycles. The quantitative estimate of drug-likeness (QED) is 0.650. The molecule has 0 amide bonds. The normalized spacial score (nSPS) is 10.3. The van der Waals surface area contributed by atoms with Crippen molar-refractivity contribution >= 4 is 39.1 Å². The largest absolute Gasteiger partial charge is 0.508 e. The Morgan fingerprint density at radius 2 is 1.80 bits per heavy atom. The highest BCUT2D eigenvalue weighted by Crippen LogP contribution is 2.36. The van der Waals surface area contributed by atoms with E-state index in [2.05, 4.69) is 15.9 Å². The van der Waals surface area contributed by atoms with Crippen LogP contribution >= 0.6 is 39.1 Å². The first-order chi connectivity index (χ1) is 7.15. The second-order valence-electron chi connectivity index (χ2n) is 2.98. The summed E-state index contributed by atoms with van der Waals surface area (Å²) in [5.74, 6) is 0.475. The van der Waals surface area contributed by atoms with Gasteiger partial charge >= 0.3 is 0 Å². The summed E-state index contributed by atoms with van der Waals surface area (Å²) in [5, 5.41) is 10.8. The van der Waals surface area contributed by atoms with E-state index in [1.54, 1.807) is 0 Å². The van der Waals surface area contributed by atoms with Crippen molar-refractivity contribution in [1.29, 1.82) is 0 Å². The molecule has 84 valence electrons. The lowest BCUT2D eigenvalue weighted by Gasteiger charge is -2.09. The van der Waals surface area contributed by atoms with Crippen molar-refractivity contribution in [1.82, 2.24) is 0 Å². The minimum Gasteiger partial charge on any atom is -0.508 e. The Hall–Kier alpha value is -0.120. The van der Waals surface area contributed by atoms with E-state index in [0.29, 0.717) is 22.4 Å². The molecule has 0 unspecified atom stereocenters. The molecular weight excluding hydrogens is 303 g/mol. The van der Waals surface area contributed by atoms with Crippen LogP contribution in [-0.4, -0.2) is 17.0 Å². The number of ether oxygens (including phenoxy) is 1. The summed E-state index contributed by atoms with van der Waals surface area (Å²) in [6.45, 7) is 0.565. The minimum atomic E-state index is 0.0396. The number of alkyl halides is 1. The van der Waals surface area contributed by atoms with E-state index in [4.69, 9.17) is 27.9 Å². The van der Waals surface area contributed by atoms with Gasteiger partial charge in [0.1, 0.15) is 5.75 Å². The van der Waals surface area contributed by atoms with E-state index in [1.165, 1.54) is 12.1 Å². The van der Waals surface area contributed by atoms with Crippen molar-refractivity contribution in [2.45, 2.75) is 12.8 Å². The highest BCUT2D eigenvalue weighted by atomic mass is 79.9. The zero-order valence-electron chi connectivity index (χ0n) is 7.97. The van der Waals surface area contributed by atoms with E-state index in [1.807, 2.05) is 0 Å². The van der Waals surface area contributed by atoms with E-state index in [-0.39, 0.29) is 5.75 Å². The summed E-state index contributed by atoms with van der Waals surface area (Å²) >= 11 is 15.1. The second kappa shape index (κ2) is 6.46. The Kier molecular flexibility index (Phi) is 5.58. The number of phenols is 1. The summed E-state index contributed by atoms with van der Waals surface area (Å²) in [7, 11) is 0. The van der Waals surface area contributed by atoms with Crippen LogP contribution in [0.1, 0.15) is 12.8 Å². The van der Waals surface area contributed by atoms with E-state index < -0.39 is 0 Å². The molecule has 5 heteroatoms. The minimum absolute atomic E-state index is 0.0396. The molecule has 0 aromatic heterocycles. The van der Waals surface area contributed by atoms with Crippen LogP contribution in [-0.2, 0) is 0 Å². The Morgan fingerprint density at radius 1 is 1.20 bits per heavy atom. The second-order valence-corrected chi connectivity index (χ2v) is 4.59. The molecule has 0 aliphatic heterocycles. The lowest BCUT2D eigenvalue weighted by atomic mass is 10.3. The third-order valence-electron chi connectivity index (χ3n) is 1.76. The van der Waals surface area contributed by atoms with Gasteiger partial charge in [0.2, 0.25) is 0 Å². The van der Waals surface area contributed by atoms with Gasteiger partial charge in [-0.1, -0.05) is 39.1 Å². The Balaban J connectivity index is 2.60. The number of hydrogen-bond donors (Lipinski definition) is 1. The standard InChI is InChI=1S/C10H11BrCl2O2/c11-3-1-2-4-15-10-8(12)5-7(14)6-9(10)13/h5-6,14H,1-4H2. The van der Waals surface area contributed by atoms with Crippen LogP contribution in [0.25, 0.3) is 0 Å². The molecule has 0 saturated heterocycles. The van der Waals surface area contributed by atoms with Gasteiger partial charge in [-0.15, -0.1) is 0 Å². The SMILES string of the molecule is Oc1cc(Cl)c(OCCCCBr)c(Cl)c1. The molecular formula is C10H11BrCl2O2. The van der Waals surface area contributed by atoms with Crippen molar-refractivity contribution in [3.8, 4) is 11.5 Å². The van der Waals surface area contributed by atoms with Crippen molar-refractivity contribution in [2.24, 2.45) is 0 Å². The fourth-order valence-electron chi connectivity index (χ4n) is 1.06. The van der Waals surface area contributed by atoms with Crippen molar-refractivity contribution < 1.29 is 9.84 Å². The first-order valence-corrected chi connectivity index (χ1v) is 6.39. The molecule has 15 heavy (non-hydrogen) atoms. The van der Waals surface area contributed by atoms with Gasteiger partial charge in [0.05, 0.1) is 16.7 Å². The van der Waals surface area contributed by atoms with Crippen LogP contribution in [0.2, 0.25) is 10.0 Å². The Labute approximate surface area is 107 Å². The van der Waals surface area contributed by atoms with Gasteiger partial charge in [0.15, 0.2) is 5.75 Å². The molecule has 1 aromatic carbocycles. The van der Waals surface area contributed by atoms with Crippen molar-refractivity contribution in [2.75, 3.05) is 11.9 Å². The molecule has 0 fully saturated rings. The third kappa shape index (κ3) is 4.09. The van der Waals surface area contributed by atoms with Crippen LogP contribution in [0.3, 0.4) is 0 Å². The third-order valence-corrected chi connectivity index (χ3v) is 2.88. The Bertz CT molecular complexity index is 308. The molecule has 1 N–H and O–H groups in total. The number of hydrogen-bond acceptors (Lipinski definition) is 2. The van der Waals surface area contributed by atoms with Crippen molar-refractivity contribution in [3.05, 3.63) is 22.2 Å². The summed E-state index contributed by atoms with van der Waals surface area (Å²) in [5.41, 5.74) is 0. The zero-order valence-corrected chi connectivity index (χ0v) is 11.1. The van der Waals surface area contributed by atoms with Gasteiger partial charge in [-0.3, -0.25) is 0 Å². The van der Waals surface area contributed by atoms with E-state index in [9.17, 15) is 5.11 Å². The number of unbranched alkanes of at least 4 members (excludes halogenated alkanes) is 1. The fraction of sp³-hybridized carbons (Fsp3) is 0.400. The predicted molar refractivity (Wildman–Crippen MR) is 66.6 cm³/mol. The van der Waals surface area contributed by atoms with Crippen LogP contribution in [0.5, 0.6) is 11.5 Å². The van der Waals surface area contributed by atoms with Gasteiger partial charge in [-0.25, -0.2) is 0 Å². The van der Waals surface area contributed by atoms with Crippen molar-refractivity contribution in [3.63, 3.8) is 0 Å². The highest BCUT2D eigenvalue weighted by Gasteiger charge is 2.08. The number of aromatic hydroxyl groups is 1. The van der Waals surface area contributed by atoms with Crippen LogP contribution < -0.4 is 4.74 Å². The lowest BCUT2D eigenvalue weighted by molar-refractivity contribution is 0.310. The monoisotopic (exact) mass is 312 g/mol. The van der Waals surface area contributed by atoms with Gasteiger partial charge < -0.3 is 9.84 Å². The summed E-state index contributed by atoms with van der Waals surface area (Å²) < 4.78 is 5.43. The maximum absolute atomic E-state index is 9.20. The molecule has 0 heterocycles. The fourth-order valence-corrected chi connectivity index (χ4v) is 2.04. The molecule has 0 radical (unpaired) electrons. The van der Waals surface area contributed by atoms with Crippen LogP contribution in [0, 0.1) is 0 Å². The number of halogens is 3. The molecule has 0 bridgehead atoms. The molecule has 0 atom stereocenters. The molecule has 1 rings (SSSR count). The summed E-state index contributed by atoms with van der Waals surface area (Å²) in [6.07, 6.45) is 1.96. The van der Waals surface area contributed by atoms with E-state index in [0.717, 1.165) is 18.2 Å². The van der Waals surface area contributed by atoms with Gasteiger partial charge in [-0.2, -0.15) is 0 Å². The number of phenolic OH excluding ortho intramolecular Hbond substituents is 1. The van der Waals surface area contributed by atoms with Crippen LogP contribution in [0.4, 0.5) is 0 Å². The molecule has 1 aromatic rings. The smallest absolute Gasteiger partial charge is 0.156 e. The molecule has 0 spiro atoms. The average molecular weight is 314 g/mol. The van der Waals surface area contributed by atoms with Gasteiger partial charge in [-0.05, 0) is 12.8 Å². The number of rotatable bonds is 5. The van der Waals surface area contributed by atoms with Crippen LogP contribution in [0.15, 0.2) is 12.1 Å². The summed E-state index contributed by atoms with van der Waals surface area (Å²) in [6, 6.07) is 2.82. The van der Waals surface area contributed by atoms with Gasteiger partial charge in [0.25, 0.3) is 0 Å². The number of benzene rings is 1. The maximum Gasteiger partial charge on any atom is 0.156 e. The maximum atomic E-state index is 9.20. The average Bonchev–Trinajstić information content (AvgIpc) is 2.15. The molecule has 0 aliphatic carbocycles. The molecule has 2 nitrogen and oxygen atoms in total. The summed E-state index contributed by atoms with van der Waals surface area (Å²) in [4.78, 5) is 0. The topological polar surface area (TPSA) is 29.5 Å². The van der Waals surface area contributed by atoms with E-state index >= 15 is 0 Å². The zero-order chi connectivity index (χ0) is 11.3. The first-order valence-electron chi connectivity index (χ1n) is 4.52. The first kappa shape index (κ1) is 12.9. The highest BCUT2D eigenvalue weighted by molar-refractivity contribution is 9.09. The predicted octanol–water partition coefficient (Wildman–Crippen LogP) is 4.25. The Morgan fingerprint density at radius 3 is 2.33 bits per heavy atom. The lowest BCUT2D eigenvalue weighted by Crippen LogP contribution is -1.98. The van der Waals surface area contributed by atoms with Gasteiger partial charge in [0, 0.05) is 17.5 Å². The molecule has 0 aliphatic rings.